The van der Waals surface area contributed by atoms with Gasteiger partial charge in [0.05, 0.1) is 22.6 Å². The van der Waals surface area contributed by atoms with Crippen LogP contribution in [0.5, 0.6) is 0 Å². The molecule has 17 heavy (non-hydrogen) atoms. The highest BCUT2D eigenvalue weighted by Gasteiger charge is 1.99. The van der Waals surface area contributed by atoms with Crippen LogP contribution >= 0.6 is 27.3 Å². The van der Waals surface area contributed by atoms with Crippen molar-refractivity contribution in [3.05, 3.63) is 38.3 Å². The van der Waals surface area contributed by atoms with Crippen LogP contribution in [-0.2, 0) is 6.54 Å². The van der Waals surface area contributed by atoms with E-state index in [2.05, 4.69) is 45.1 Å². The highest BCUT2D eigenvalue weighted by atomic mass is 79.9. The molecule has 3 nitrogen and oxygen atoms in total. The van der Waals surface area contributed by atoms with E-state index in [4.69, 9.17) is 0 Å². The Bertz CT molecular complexity index is 528. The van der Waals surface area contributed by atoms with Gasteiger partial charge in [0.15, 0.2) is 0 Å². The number of aliphatic imine (C=N–C) groups is 1. The molecule has 0 unspecified atom stereocenters. The molecule has 0 atom stereocenters. The number of hydrogen-bond donors (Lipinski definition) is 0. The first-order chi connectivity index (χ1) is 8.15. The summed E-state index contributed by atoms with van der Waals surface area (Å²) in [5, 5.41) is 4.40. The fourth-order valence-corrected chi connectivity index (χ4v) is 2.92. The summed E-state index contributed by atoms with van der Waals surface area (Å²) in [4.78, 5) is 5.58. The van der Waals surface area contributed by atoms with Crippen LogP contribution in [0.4, 0.5) is 0 Å². The molecule has 0 radical (unpaired) electrons. The summed E-state index contributed by atoms with van der Waals surface area (Å²) in [6.07, 6.45) is 1.92. The lowest BCUT2D eigenvalue weighted by Crippen LogP contribution is -2.05. The predicted octanol–water partition coefficient (Wildman–Crippen LogP) is 3.44. The first-order valence-corrected chi connectivity index (χ1v) is 7.02. The molecule has 0 aliphatic carbocycles. The first kappa shape index (κ1) is 12.5. The van der Waals surface area contributed by atoms with E-state index in [1.807, 2.05) is 23.9 Å². The van der Waals surface area contributed by atoms with Crippen molar-refractivity contribution in [1.29, 1.82) is 0 Å². The second kappa shape index (κ2) is 5.60. The van der Waals surface area contributed by atoms with Crippen molar-refractivity contribution in [3.8, 4) is 0 Å². The normalized spacial score (nSPS) is 11.5. The molecule has 2 rings (SSSR count). The molecule has 2 heterocycles. The van der Waals surface area contributed by atoms with Crippen LogP contribution in [-0.4, -0.2) is 22.5 Å². The Morgan fingerprint density at radius 1 is 1.47 bits per heavy atom. The Hall–Kier alpha value is -0.940. The molecular formula is C12H14BrN3S. The molecule has 0 amide bonds. The summed E-state index contributed by atoms with van der Waals surface area (Å²) in [5.41, 5.74) is 2.25. The summed E-state index contributed by atoms with van der Waals surface area (Å²) < 4.78 is 3.13. The van der Waals surface area contributed by atoms with E-state index in [0.717, 1.165) is 22.6 Å². The number of thiophene rings is 1. The zero-order valence-electron chi connectivity index (χ0n) is 9.85. The largest absolute Gasteiger partial charge is 0.290 e. The molecule has 90 valence electrons. The highest BCUT2D eigenvalue weighted by Crippen LogP contribution is 2.20. The number of aryl methyl sites for hydroxylation is 2. The van der Waals surface area contributed by atoms with Crippen molar-refractivity contribution in [3.63, 3.8) is 0 Å². The molecule has 0 N–H and O–H groups in total. The van der Waals surface area contributed by atoms with Crippen LogP contribution in [0.2, 0.25) is 0 Å². The maximum absolute atomic E-state index is 4.40. The average Bonchev–Trinajstić information content (AvgIpc) is 2.81. The molecule has 2 aromatic rings. The van der Waals surface area contributed by atoms with E-state index in [-0.39, 0.29) is 0 Å². The van der Waals surface area contributed by atoms with Crippen molar-refractivity contribution in [2.75, 3.05) is 6.54 Å². The van der Waals surface area contributed by atoms with Gasteiger partial charge in [-0.05, 0) is 48.0 Å². The number of nitrogens with zero attached hydrogens (tertiary/aromatic N) is 3. The van der Waals surface area contributed by atoms with Gasteiger partial charge in [-0.15, -0.1) is 11.3 Å². The SMILES string of the molecule is Cc1cc(C)n(CCN=Cc2ccc(Br)s2)n1. The minimum absolute atomic E-state index is 0.761. The minimum Gasteiger partial charge on any atom is -0.290 e. The lowest BCUT2D eigenvalue weighted by Gasteiger charge is -2.00. The molecule has 2 aromatic heterocycles. The molecule has 0 spiro atoms. The number of hydrogen-bond acceptors (Lipinski definition) is 3. The molecule has 0 aromatic carbocycles. The Morgan fingerprint density at radius 2 is 2.29 bits per heavy atom. The molecule has 0 saturated heterocycles. The lowest BCUT2D eigenvalue weighted by atomic mass is 10.4. The van der Waals surface area contributed by atoms with Crippen molar-refractivity contribution >= 4 is 33.5 Å². The molecular weight excluding hydrogens is 298 g/mol. The van der Waals surface area contributed by atoms with Crippen LogP contribution in [0, 0.1) is 13.8 Å². The summed E-state index contributed by atoms with van der Waals surface area (Å²) in [6, 6.07) is 6.18. The molecule has 0 aliphatic rings. The van der Waals surface area contributed by atoms with E-state index >= 15 is 0 Å². The number of halogens is 1. The van der Waals surface area contributed by atoms with Crippen LogP contribution in [0.1, 0.15) is 16.3 Å². The highest BCUT2D eigenvalue weighted by molar-refractivity contribution is 9.11. The molecule has 0 aliphatic heterocycles. The predicted molar refractivity (Wildman–Crippen MR) is 76.2 cm³/mol. The van der Waals surface area contributed by atoms with E-state index in [1.54, 1.807) is 11.3 Å². The van der Waals surface area contributed by atoms with Crippen molar-refractivity contribution in [2.24, 2.45) is 4.99 Å². The molecule has 0 bridgehead atoms. The molecule has 0 saturated carbocycles. The van der Waals surface area contributed by atoms with Gasteiger partial charge in [0.1, 0.15) is 0 Å². The third-order valence-corrected chi connectivity index (χ3v) is 3.91. The van der Waals surface area contributed by atoms with E-state index in [9.17, 15) is 0 Å². The fourth-order valence-electron chi connectivity index (χ4n) is 1.61. The third kappa shape index (κ3) is 3.51. The van der Waals surface area contributed by atoms with Gasteiger partial charge >= 0.3 is 0 Å². The smallest absolute Gasteiger partial charge is 0.0705 e. The molecule has 0 fully saturated rings. The summed E-state index contributed by atoms with van der Waals surface area (Å²) >= 11 is 5.12. The Balaban J connectivity index is 1.87. The van der Waals surface area contributed by atoms with Crippen molar-refractivity contribution in [1.82, 2.24) is 9.78 Å². The second-order valence-electron chi connectivity index (χ2n) is 3.83. The summed E-state index contributed by atoms with van der Waals surface area (Å²) in [6.45, 7) is 5.68. The van der Waals surface area contributed by atoms with Gasteiger partial charge in [-0.1, -0.05) is 0 Å². The van der Waals surface area contributed by atoms with Gasteiger partial charge < -0.3 is 0 Å². The topological polar surface area (TPSA) is 30.2 Å². The maximum atomic E-state index is 4.40. The monoisotopic (exact) mass is 311 g/mol. The average molecular weight is 312 g/mol. The quantitative estimate of drug-likeness (QED) is 0.795. The van der Waals surface area contributed by atoms with Crippen molar-refractivity contribution in [2.45, 2.75) is 20.4 Å². The van der Waals surface area contributed by atoms with E-state index < -0.39 is 0 Å². The maximum Gasteiger partial charge on any atom is 0.0705 e. The lowest BCUT2D eigenvalue weighted by molar-refractivity contribution is 0.605. The summed E-state index contributed by atoms with van der Waals surface area (Å²) in [5.74, 6) is 0. The summed E-state index contributed by atoms with van der Waals surface area (Å²) in [7, 11) is 0. The van der Waals surface area contributed by atoms with Gasteiger partial charge in [0.2, 0.25) is 0 Å². The Morgan fingerprint density at radius 3 is 2.88 bits per heavy atom. The van der Waals surface area contributed by atoms with Gasteiger partial charge in [-0.3, -0.25) is 9.67 Å². The van der Waals surface area contributed by atoms with Gasteiger partial charge in [0.25, 0.3) is 0 Å². The van der Waals surface area contributed by atoms with E-state index in [1.165, 1.54) is 10.6 Å². The van der Waals surface area contributed by atoms with Crippen molar-refractivity contribution < 1.29 is 0 Å². The van der Waals surface area contributed by atoms with Crippen LogP contribution in [0.3, 0.4) is 0 Å². The fraction of sp³-hybridized carbons (Fsp3) is 0.333. The first-order valence-electron chi connectivity index (χ1n) is 5.41. The van der Waals surface area contributed by atoms with Gasteiger partial charge in [-0.2, -0.15) is 5.10 Å². The van der Waals surface area contributed by atoms with Crippen LogP contribution in [0.15, 0.2) is 27.0 Å². The zero-order valence-corrected chi connectivity index (χ0v) is 12.3. The van der Waals surface area contributed by atoms with Gasteiger partial charge in [0, 0.05) is 16.8 Å². The van der Waals surface area contributed by atoms with Crippen LogP contribution in [0.25, 0.3) is 0 Å². The third-order valence-electron chi connectivity index (χ3n) is 2.36. The number of rotatable bonds is 4. The molecule has 5 heteroatoms. The second-order valence-corrected chi connectivity index (χ2v) is 6.32. The minimum atomic E-state index is 0.761. The van der Waals surface area contributed by atoms with Crippen LogP contribution < -0.4 is 0 Å². The standard InChI is InChI=1S/C12H14BrN3S/c1-9-7-10(2)16(15-9)6-5-14-8-11-3-4-12(13)17-11/h3-4,7-8H,5-6H2,1-2H3. The van der Waals surface area contributed by atoms with Gasteiger partial charge in [-0.25, -0.2) is 0 Å². The number of aromatic nitrogens is 2. The Labute approximate surface area is 113 Å². The zero-order chi connectivity index (χ0) is 12.3. The van der Waals surface area contributed by atoms with E-state index in [0.29, 0.717) is 0 Å². The Kier molecular flexibility index (Phi) is 4.12.